The van der Waals surface area contributed by atoms with Crippen LogP contribution in [0.25, 0.3) is 0 Å². The van der Waals surface area contributed by atoms with Gasteiger partial charge in [-0.2, -0.15) is 0 Å². The van der Waals surface area contributed by atoms with Crippen LogP contribution < -0.4 is 5.32 Å². The number of carbonyl (C=O) groups is 1. The van der Waals surface area contributed by atoms with E-state index in [1.54, 1.807) is 35.5 Å². The van der Waals surface area contributed by atoms with Crippen molar-refractivity contribution in [3.8, 4) is 0 Å². The van der Waals surface area contributed by atoms with Gasteiger partial charge in [0.25, 0.3) is 0 Å². The fourth-order valence-corrected chi connectivity index (χ4v) is 1.15. The second kappa shape index (κ2) is 4.33. The highest BCUT2D eigenvalue weighted by Crippen LogP contribution is 2.18. The van der Waals surface area contributed by atoms with Crippen LogP contribution in [-0.2, 0) is 4.79 Å². The van der Waals surface area contributed by atoms with Gasteiger partial charge in [0, 0.05) is 26.4 Å². The van der Waals surface area contributed by atoms with E-state index in [2.05, 4.69) is 5.32 Å². The van der Waals surface area contributed by atoms with Gasteiger partial charge in [-0.25, -0.2) is 0 Å². The Morgan fingerprint density at radius 2 is 2.21 bits per heavy atom. The van der Waals surface area contributed by atoms with Gasteiger partial charge in [-0.15, -0.1) is 0 Å². The lowest BCUT2D eigenvalue weighted by Crippen LogP contribution is -2.42. The molecule has 1 rings (SSSR count). The molecule has 4 heteroatoms. The van der Waals surface area contributed by atoms with Gasteiger partial charge in [-0.1, -0.05) is 17.7 Å². The highest BCUT2D eigenvalue weighted by atomic mass is 35.5. The number of nitrogens with zero attached hydrogens (tertiary/aromatic N) is 1. The van der Waals surface area contributed by atoms with Crippen molar-refractivity contribution < 1.29 is 4.79 Å². The number of nitrogens with one attached hydrogen (secondary N) is 1. The van der Waals surface area contributed by atoms with Gasteiger partial charge in [0.05, 0.1) is 0 Å². The standard InChI is InChI=1S/C10H13ClN2O/c1-13(2)8-5-9(14)10(11)6-3-4-7-12-10/h3-8,12H,1-2H3. The van der Waals surface area contributed by atoms with Crippen molar-refractivity contribution >= 4 is 17.4 Å². The van der Waals surface area contributed by atoms with Crippen LogP contribution in [0.3, 0.4) is 0 Å². The molecule has 0 bridgehead atoms. The third-order valence-electron chi connectivity index (χ3n) is 1.71. The van der Waals surface area contributed by atoms with Crippen molar-refractivity contribution in [1.29, 1.82) is 0 Å². The number of hydrogen-bond donors (Lipinski definition) is 1. The van der Waals surface area contributed by atoms with E-state index in [1.807, 2.05) is 14.1 Å². The summed E-state index contributed by atoms with van der Waals surface area (Å²) in [4.78, 5) is 12.3. The van der Waals surface area contributed by atoms with Crippen molar-refractivity contribution in [3.05, 3.63) is 36.7 Å². The predicted molar refractivity (Wildman–Crippen MR) is 57.8 cm³/mol. The molecule has 0 saturated heterocycles. The summed E-state index contributed by atoms with van der Waals surface area (Å²) in [6, 6.07) is 0. The molecule has 0 radical (unpaired) electrons. The number of rotatable bonds is 3. The van der Waals surface area contributed by atoms with Gasteiger partial charge in [0.2, 0.25) is 5.78 Å². The topological polar surface area (TPSA) is 32.3 Å². The van der Waals surface area contributed by atoms with E-state index < -0.39 is 5.00 Å². The van der Waals surface area contributed by atoms with Crippen LogP contribution in [0.15, 0.2) is 36.7 Å². The van der Waals surface area contributed by atoms with E-state index in [0.717, 1.165) is 0 Å². The molecule has 1 unspecified atom stereocenters. The monoisotopic (exact) mass is 212 g/mol. The average molecular weight is 213 g/mol. The number of alkyl halides is 1. The molecular formula is C10H13ClN2O. The first-order chi connectivity index (χ1) is 6.54. The Hall–Kier alpha value is -1.22. The number of hydrogen-bond acceptors (Lipinski definition) is 3. The molecule has 76 valence electrons. The average Bonchev–Trinajstić information content (AvgIpc) is 2.15. The van der Waals surface area contributed by atoms with Crippen LogP contribution >= 0.6 is 11.6 Å². The van der Waals surface area contributed by atoms with Crippen molar-refractivity contribution in [2.24, 2.45) is 0 Å². The molecule has 1 aliphatic heterocycles. The van der Waals surface area contributed by atoms with Gasteiger partial charge in [-0.05, 0) is 18.4 Å². The van der Waals surface area contributed by atoms with Crippen LogP contribution in [0.5, 0.6) is 0 Å². The summed E-state index contributed by atoms with van der Waals surface area (Å²) in [5, 5.41) is 2.80. The minimum absolute atomic E-state index is 0.187. The quantitative estimate of drug-likeness (QED) is 0.434. The van der Waals surface area contributed by atoms with E-state index in [-0.39, 0.29) is 5.78 Å². The zero-order valence-electron chi connectivity index (χ0n) is 8.20. The lowest BCUT2D eigenvalue weighted by atomic mass is 10.1. The largest absolute Gasteiger partial charge is 0.383 e. The Bertz CT molecular complexity index is 307. The second-order valence-electron chi connectivity index (χ2n) is 3.22. The van der Waals surface area contributed by atoms with E-state index in [1.165, 1.54) is 6.08 Å². The summed E-state index contributed by atoms with van der Waals surface area (Å²) in [7, 11) is 3.68. The summed E-state index contributed by atoms with van der Waals surface area (Å²) in [6.07, 6.45) is 9.91. The van der Waals surface area contributed by atoms with Crippen molar-refractivity contribution in [3.63, 3.8) is 0 Å². The molecule has 0 aliphatic carbocycles. The summed E-state index contributed by atoms with van der Waals surface area (Å²) in [6.45, 7) is 0. The highest BCUT2D eigenvalue weighted by Gasteiger charge is 2.30. The number of dihydropyridines is 1. The van der Waals surface area contributed by atoms with Gasteiger partial charge < -0.3 is 10.2 Å². The fraction of sp³-hybridized carbons (Fsp3) is 0.300. The minimum atomic E-state index is -1.12. The summed E-state index contributed by atoms with van der Waals surface area (Å²) >= 11 is 6.04. The zero-order chi connectivity index (χ0) is 10.6. The highest BCUT2D eigenvalue weighted by molar-refractivity contribution is 6.38. The molecular weight excluding hydrogens is 200 g/mol. The number of ketones is 1. The Balaban J connectivity index is 2.69. The molecule has 1 atom stereocenters. The lowest BCUT2D eigenvalue weighted by Gasteiger charge is -2.22. The predicted octanol–water partition coefficient (Wildman–Crippen LogP) is 1.24. The van der Waals surface area contributed by atoms with Crippen molar-refractivity contribution in [1.82, 2.24) is 10.2 Å². The Morgan fingerprint density at radius 1 is 1.50 bits per heavy atom. The molecule has 0 amide bonds. The van der Waals surface area contributed by atoms with Crippen LogP contribution in [0.4, 0.5) is 0 Å². The van der Waals surface area contributed by atoms with Crippen LogP contribution in [-0.4, -0.2) is 29.8 Å². The van der Waals surface area contributed by atoms with Gasteiger partial charge in [0.15, 0.2) is 5.00 Å². The number of carbonyl (C=O) groups excluding carboxylic acids is 1. The zero-order valence-corrected chi connectivity index (χ0v) is 8.95. The molecule has 1 aliphatic rings. The molecule has 0 saturated carbocycles. The van der Waals surface area contributed by atoms with Crippen molar-refractivity contribution in [2.45, 2.75) is 5.00 Å². The van der Waals surface area contributed by atoms with Crippen LogP contribution in [0, 0.1) is 0 Å². The molecule has 1 heterocycles. The summed E-state index contributed by atoms with van der Waals surface area (Å²) in [5.74, 6) is -0.187. The van der Waals surface area contributed by atoms with Gasteiger partial charge in [0.1, 0.15) is 0 Å². The summed E-state index contributed by atoms with van der Waals surface area (Å²) < 4.78 is 0. The molecule has 1 N–H and O–H groups in total. The second-order valence-corrected chi connectivity index (χ2v) is 3.81. The smallest absolute Gasteiger partial charge is 0.201 e. The van der Waals surface area contributed by atoms with E-state index in [4.69, 9.17) is 11.6 Å². The third kappa shape index (κ3) is 2.64. The lowest BCUT2D eigenvalue weighted by molar-refractivity contribution is -0.116. The van der Waals surface area contributed by atoms with E-state index in [0.29, 0.717) is 0 Å². The Morgan fingerprint density at radius 3 is 2.71 bits per heavy atom. The maximum Gasteiger partial charge on any atom is 0.201 e. The first-order valence-electron chi connectivity index (χ1n) is 4.25. The number of halogens is 1. The van der Waals surface area contributed by atoms with Gasteiger partial charge >= 0.3 is 0 Å². The molecule has 0 aromatic rings. The molecule has 0 fully saturated rings. The minimum Gasteiger partial charge on any atom is -0.383 e. The van der Waals surface area contributed by atoms with Crippen LogP contribution in [0.2, 0.25) is 0 Å². The Labute approximate surface area is 88.7 Å². The maximum atomic E-state index is 11.6. The molecule has 0 spiro atoms. The fourth-order valence-electron chi connectivity index (χ4n) is 0.953. The van der Waals surface area contributed by atoms with E-state index in [9.17, 15) is 4.79 Å². The Kier molecular flexibility index (Phi) is 3.36. The summed E-state index contributed by atoms with van der Waals surface area (Å²) in [5.41, 5.74) is 0. The molecule has 0 aromatic carbocycles. The third-order valence-corrected chi connectivity index (χ3v) is 2.13. The maximum absolute atomic E-state index is 11.6. The first-order valence-corrected chi connectivity index (χ1v) is 4.62. The molecule has 14 heavy (non-hydrogen) atoms. The molecule has 3 nitrogen and oxygen atoms in total. The van der Waals surface area contributed by atoms with Crippen LogP contribution in [0.1, 0.15) is 0 Å². The number of allylic oxidation sites excluding steroid dienone is 2. The normalized spacial score (nSPS) is 25.1. The van der Waals surface area contributed by atoms with Gasteiger partial charge in [-0.3, -0.25) is 4.79 Å². The van der Waals surface area contributed by atoms with E-state index >= 15 is 0 Å². The SMILES string of the molecule is CN(C)C=CC(=O)C1(Cl)C=CC=CN1. The van der Waals surface area contributed by atoms with Crippen molar-refractivity contribution in [2.75, 3.05) is 14.1 Å². The first kappa shape index (κ1) is 10.9. The molecule has 0 aromatic heterocycles.